The highest BCUT2D eigenvalue weighted by Gasteiger charge is 2.32. The highest BCUT2D eigenvalue weighted by atomic mass is 32.1. The van der Waals surface area contributed by atoms with Crippen molar-refractivity contribution in [1.29, 1.82) is 0 Å². The van der Waals surface area contributed by atoms with Gasteiger partial charge in [-0.3, -0.25) is 4.79 Å². The molecule has 2 aromatic heterocycles. The predicted octanol–water partition coefficient (Wildman–Crippen LogP) is 3.70. The first-order valence-corrected chi connectivity index (χ1v) is 11.0. The van der Waals surface area contributed by atoms with Crippen molar-refractivity contribution in [2.75, 3.05) is 24.5 Å². The van der Waals surface area contributed by atoms with E-state index in [1.807, 2.05) is 11.3 Å². The molecule has 0 aliphatic carbocycles. The van der Waals surface area contributed by atoms with Crippen LogP contribution in [-0.2, 0) is 23.2 Å². The van der Waals surface area contributed by atoms with Crippen LogP contribution in [-0.4, -0.2) is 40.6 Å². The highest BCUT2D eigenvalue weighted by molar-refractivity contribution is 7.15. The third-order valence-electron chi connectivity index (χ3n) is 5.29. The first-order valence-electron chi connectivity index (χ1n) is 9.35. The van der Waals surface area contributed by atoms with Gasteiger partial charge < -0.3 is 9.80 Å². The van der Waals surface area contributed by atoms with Gasteiger partial charge in [-0.1, -0.05) is 32.1 Å². The van der Waals surface area contributed by atoms with Crippen LogP contribution in [0.1, 0.15) is 49.1 Å². The minimum absolute atomic E-state index is 0.0407. The lowest BCUT2D eigenvalue weighted by atomic mass is 9.94. The van der Waals surface area contributed by atoms with E-state index in [0.717, 1.165) is 55.6 Å². The van der Waals surface area contributed by atoms with Gasteiger partial charge in [-0.2, -0.15) is 0 Å². The standard InChI is InChI=1S/C19H26N4OS2/c1-19(2,3)17-20-21-18(26-17)22-8-4-13(5-9-22)16(24)23-10-6-15-14(12-23)7-11-25-15/h7,11,13H,4-6,8-10,12H2,1-3H3. The first-order chi connectivity index (χ1) is 12.4. The second kappa shape index (κ2) is 6.93. The summed E-state index contributed by atoms with van der Waals surface area (Å²) < 4.78 is 0. The monoisotopic (exact) mass is 390 g/mol. The van der Waals surface area contributed by atoms with E-state index in [2.05, 4.69) is 52.2 Å². The number of carbonyl (C=O) groups excluding carboxylic acids is 1. The molecule has 0 atom stereocenters. The number of anilines is 1. The summed E-state index contributed by atoms with van der Waals surface area (Å²) in [5.41, 5.74) is 1.38. The number of carbonyl (C=O) groups is 1. The predicted molar refractivity (Wildman–Crippen MR) is 107 cm³/mol. The fourth-order valence-corrected chi connectivity index (χ4v) is 5.50. The van der Waals surface area contributed by atoms with Gasteiger partial charge in [-0.15, -0.1) is 21.5 Å². The minimum atomic E-state index is 0.0407. The molecule has 26 heavy (non-hydrogen) atoms. The van der Waals surface area contributed by atoms with Crippen molar-refractivity contribution in [2.45, 2.75) is 52.0 Å². The third kappa shape index (κ3) is 3.51. The van der Waals surface area contributed by atoms with Gasteiger partial charge >= 0.3 is 0 Å². The van der Waals surface area contributed by atoms with Crippen LogP contribution < -0.4 is 4.90 Å². The summed E-state index contributed by atoms with van der Waals surface area (Å²) >= 11 is 3.51. The van der Waals surface area contributed by atoms with Crippen LogP contribution in [0.25, 0.3) is 0 Å². The molecule has 4 heterocycles. The van der Waals surface area contributed by atoms with Gasteiger partial charge in [0.1, 0.15) is 5.01 Å². The average molecular weight is 391 g/mol. The van der Waals surface area contributed by atoms with Crippen molar-refractivity contribution in [3.05, 3.63) is 26.9 Å². The highest BCUT2D eigenvalue weighted by Crippen LogP contribution is 2.33. The smallest absolute Gasteiger partial charge is 0.226 e. The Morgan fingerprint density at radius 3 is 2.65 bits per heavy atom. The molecule has 140 valence electrons. The largest absolute Gasteiger partial charge is 0.347 e. The maximum atomic E-state index is 12.9. The second-order valence-corrected chi connectivity index (χ2v) is 10.2. The van der Waals surface area contributed by atoms with E-state index in [1.165, 1.54) is 10.4 Å². The number of amides is 1. The first kappa shape index (κ1) is 17.9. The SMILES string of the molecule is CC(C)(C)c1nnc(N2CCC(C(=O)N3CCc4sccc4C3)CC2)s1. The van der Waals surface area contributed by atoms with E-state index < -0.39 is 0 Å². The summed E-state index contributed by atoms with van der Waals surface area (Å²) in [6, 6.07) is 2.17. The lowest BCUT2D eigenvalue weighted by molar-refractivity contribution is -0.137. The van der Waals surface area contributed by atoms with E-state index in [9.17, 15) is 4.79 Å². The lowest BCUT2D eigenvalue weighted by Crippen LogP contribution is -2.44. The Bertz CT molecular complexity index is 784. The maximum absolute atomic E-state index is 12.9. The molecule has 1 amide bonds. The molecule has 2 aliphatic rings. The maximum Gasteiger partial charge on any atom is 0.226 e. The van der Waals surface area contributed by atoms with Crippen LogP contribution >= 0.6 is 22.7 Å². The van der Waals surface area contributed by atoms with Crippen molar-refractivity contribution in [3.8, 4) is 0 Å². The Kier molecular flexibility index (Phi) is 4.77. The summed E-state index contributed by atoms with van der Waals surface area (Å²) in [5.74, 6) is 0.496. The number of aromatic nitrogens is 2. The number of rotatable bonds is 2. The quantitative estimate of drug-likeness (QED) is 0.785. The Balaban J connectivity index is 1.35. The number of hydrogen-bond donors (Lipinski definition) is 0. The molecule has 0 N–H and O–H groups in total. The van der Waals surface area contributed by atoms with Crippen LogP contribution in [0.15, 0.2) is 11.4 Å². The summed E-state index contributed by atoms with van der Waals surface area (Å²) in [5, 5.41) is 13.0. The van der Waals surface area contributed by atoms with Crippen molar-refractivity contribution >= 4 is 33.7 Å². The Morgan fingerprint density at radius 2 is 1.96 bits per heavy atom. The molecule has 0 aromatic carbocycles. The topological polar surface area (TPSA) is 49.3 Å². The van der Waals surface area contributed by atoms with Crippen LogP contribution in [0.4, 0.5) is 5.13 Å². The number of fused-ring (bicyclic) bond motifs is 1. The average Bonchev–Trinajstić information content (AvgIpc) is 3.29. The van der Waals surface area contributed by atoms with Crippen molar-refractivity contribution in [1.82, 2.24) is 15.1 Å². The number of hydrogen-bond acceptors (Lipinski definition) is 6. The van der Waals surface area contributed by atoms with Crippen LogP contribution in [0.3, 0.4) is 0 Å². The van der Waals surface area contributed by atoms with Gasteiger partial charge in [0.25, 0.3) is 0 Å². The van der Waals surface area contributed by atoms with Crippen LogP contribution in [0, 0.1) is 5.92 Å². The van der Waals surface area contributed by atoms with Crippen molar-refractivity contribution in [2.24, 2.45) is 5.92 Å². The molecule has 1 fully saturated rings. The van der Waals surface area contributed by atoms with E-state index in [1.54, 1.807) is 11.3 Å². The van der Waals surface area contributed by atoms with Gasteiger partial charge in [-0.05, 0) is 36.3 Å². The summed E-state index contributed by atoms with van der Waals surface area (Å²) in [6.45, 7) is 9.96. The van der Waals surface area contributed by atoms with Crippen molar-refractivity contribution < 1.29 is 4.79 Å². The van der Waals surface area contributed by atoms with E-state index in [-0.39, 0.29) is 11.3 Å². The third-order valence-corrected chi connectivity index (χ3v) is 7.72. The summed E-state index contributed by atoms with van der Waals surface area (Å²) in [7, 11) is 0. The van der Waals surface area contributed by atoms with Gasteiger partial charge in [-0.25, -0.2) is 0 Å². The Morgan fingerprint density at radius 1 is 1.19 bits per heavy atom. The molecule has 7 heteroatoms. The molecule has 1 saturated heterocycles. The summed E-state index contributed by atoms with van der Waals surface area (Å²) in [4.78, 5) is 18.8. The number of thiophene rings is 1. The van der Waals surface area contributed by atoms with Crippen LogP contribution in [0.5, 0.6) is 0 Å². The van der Waals surface area contributed by atoms with E-state index in [4.69, 9.17) is 0 Å². The van der Waals surface area contributed by atoms with E-state index in [0.29, 0.717) is 5.91 Å². The van der Waals surface area contributed by atoms with Gasteiger partial charge in [0.05, 0.1) is 0 Å². The lowest BCUT2D eigenvalue weighted by Gasteiger charge is -2.35. The molecule has 0 saturated carbocycles. The number of piperidine rings is 1. The fourth-order valence-electron chi connectivity index (χ4n) is 3.66. The summed E-state index contributed by atoms with van der Waals surface area (Å²) in [6.07, 6.45) is 2.84. The normalized spacial score (nSPS) is 18.9. The van der Waals surface area contributed by atoms with E-state index >= 15 is 0 Å². The zero-order valence-electron chi connectivity index (χ0n) is 15.7. The van der Waals surface area contributed by atoms with Gasteiger partial charge in [0.15, 0.2) is 0 Å². The molecule has 2 aromatic rings. The Labute approximate surface area is 163 Å². The van der Waals surface area contributed by atoms with Gasteiger partial charge in [0, 0.05) is 42.4 Å². The molecule has 0 bridgehead atoms. The van der Waals surface area contributed by atoms with Crippen molar-refractivity contribution in [3.63, 3.8) is 0 Å². The Hall–Kier alpha value is -1.47. The molecular weight excluding hydrogens is 364 g/mol. The molecule has 4 rings (SSSR count). The molecule has 0 spiro atoms. The fraction of sp³-hybridized carbons (Fsp3) is 0.632. The van der Waals surface area contributed by atoms with Crippen LogP contribution in [0.2, 0.25) is 0 Å². The zero-order valence-corrected chi connectivity index (χ0v) is 17.3. The zero-order chi connectivity index (χ0) is 18.3. The van der Waals surface area contributed by atoms with Gasteiger partial charge in [0.2, 0.25) is 11.0 Å². The molecule has 5 nitrogen and oxygen atoms in total. The second-order valence-electron chi connectivity index (χ2n) is 8.28. The molecule has 0 unspecified atom stereocenters. The minimum Gasteiger partial charge on any atom is -0.347 e. The molecule has 2 aliphatic heterocycles. The number of nitrogens with zero attached hydrogens (tertiary/aromatic N) is 4. The molecular formula is C19H26N4OS2. The molecule has 0 radical (unpaired) electrons.